The van der Waals surface area contributed by atoms with Gasteiger partial charge >= 0.3 is 6.18 Å². The van der Waals surface area contributed by atoms with Crippen LogP contribution < -0.4 is 0 Å². The summed E-state index contributed by atoms with van der Waals surface area (Å²) in [6, 6.07) is 4.43. The molecule has 2 aromatic rings. The maximum Gasteiger partial charge on any atom is 0.416 e. The van der Waals surface area contributed by atoms with E-state index in [-0.39, 0.29) is 0 Å². The number of halogens is 3. The van der Waals surface area contributed by atoms with E-state index in [1.54, 1.807) is 6.20 Å². The number of hydrogen-bond acceptors (Lipinski definition) is 3. The molecule has 0 bridgehead atoms. The first-order chi connectivity index (χ1) is 8.05. The molecular weight excluding hydrogens is 233 g/mol. The maximum absolute atomic E-state index is 12.3. The summed E-state index contributed by atoms with van der Waals surface area (Å²) in [6.07, 6.45) is 0.174. The number of imidazole rings is 1. The highest BCUT2D eigenvalue weighted by atomic mass is 19.4. The van der Waals surface area contributed by atoms with Crippen LogP contribution in [0, 0.1) is 0 Å². The summed E-state index contributed by atoms with van der Waals surface area (Å²) in [5, 5.41) is 7.48. The molecule has 0 N–H and O–H groups in total. The molecule has 0 aliphatic rings. The first-order valence-electron chi connectivity index (χ1n) is 4.63. The summed E-state index contributed by atoms with van der Waals surface area (Å²) in [7, 11) is 0. The van der Waals surface area contributed by atoms with E-state index in [1.807, 2.05) is 0 Å². The first kappa shape index (κ1) is 11.3. The van der Waals surface area contributed by atoms with Crippen LogP contribution in [0.5, 0.6) is 0 Å². The summed E-state index contributed by atoms with van der Waals surface area (Å²) < 4.78 is 38.1. The molecule has 0 fully saturated rings. The Hall–Kier alpha value is -2.18. The topological polar surface area (TPSA) is 42.5 Å². The number of alkyl halides is 3. The van der Waals surface area contributed by atoms with E-state index in [0.717, 1.165) is 12.1 Å². The Bertz CT molecular complexity index is 499. The highest BCUT2D eigenvalue weighted by Gasteiger charge is 2.29. The Kier molecular flexibility index (Phi) is 2.90. The SMILES string of the molecule is FC(F)(F)c1ccc(N=Nn2ccnc2)cc1. The van der Waals surface area contributed by atoms with Crippen LogP contribution in [0.25, 0.3) is 0 Å². The van der Waals surface area contributed by atoms with Gasteiger partial charge in [-0.3, -0.25) is 0 Å². The van der Waals surface area contributed by atoms with E-state index >= 15 is 0 Å². The zero-order valence-corrected chi connectivity index (χ0v) is 8.46. The minimum absolute atomic E-state index is 0.340. The molecule has 7 heteroatoms. The number of aromatic nitrogens is 2. The van der Waals surface area contributed by atoms with E-state index in [4.69, 9.17) is 0 Å². The van der Waals surface area contributed by atoms with Crippen molar-refractivity contribution in [2.75, 3.05) is 0 Å². The van der Waals surface area contributed by atoms with Gasteiger partial charge in [0.05, 0.1) is 17.4 Å². The van der Waals surface area contributed by atoms with Crippen molar-refractivity contribution < 1.29 is 13.2 Å². The van der Waals surface area contributed by atoms with Crippen molar-refractivity contribution in [2.45, 2.75) is 6.18 Å². The van der Waals surface area contributed by atoms with Crippen molar-refractivity contribution in [2.24, 2.45) is 10.3 Å². The lowest BCUT2D eigenvalue weighted by Crippen LogP contribution is -2.03. The molecule has 0 unspecified atom stereocenters. The zero-order valence-electron chi connectivity index (χ0n) is 8.46. The van der Waals surface area contributed by atoms with Gasteiger partial charge in [0.25, 0.3) is 0 Å². The Morgan fingerprint density at radius 3 is 2.35 bits per heavy atom. The van der Waals surface area contributed by atoms with E-state index in [9.17, 15) is 13.2 Å². The lowest BCUT2D eigenvalue weighted by molar-refractivity contribution is -0.137. The van der Waals surface area contributed by atoms with Crippen LogP contribution in [0.1, 0.15) is 5.56 Å². The molecule has 0 saturated carbocycles. The largest absolute Gasteiger partial charge is 0.416 e. The third kappa shape index (κ3) is 2.90. The number of nitrogens with zero attached hydrogens (tertiary/aromatic N) is 4. The van der Waals surface area contributed by atoms with Crippen molar-refractivity contribution in [3.63, 3.8) is 0 Å². The summed E-state index contributed by atoms with van der Waals surface area (Å²) in [5.74, 6) is 0. The molecule has 4 nitrogen and oxygen atoms in total. The van der Waals surface area contributed by atoms with Crippen molar-refractivity contribution in [1.29, 1.82) is 0 Å². The second kappa shape index (κ2) is 4.36. The number of benzene rings is 1. The fourth-order valence-corrected chi connectivity index (χ4v) is 1.13. The summed E-state index contributed by atoms with van der Waals surface area (Å²) >= 11 is 0. The van der Waals surface area contributed by atoms with E-state index in [0.29, 0.717) is 5.69 Å². The van der Waals surface area contributed by atoms with Gasteiger partial charge in [-0.05, 0) is 24.3 Å². The lowest BCUT2D eigenvalue weighted by Gasteiger charge is -2.05. The second-order valence-electron chi connectivity index (χ2n) is 3.18. The first-order valence-corrected chi connectivity index (χ1v) is 4.63. The van der Waals surface area contributed by atoms with Crippen LogP contribution in [0.3, 0.4) is 0 Å². The Morgan fingerprint density at radius 1 is 1.12 bits per heavy atom. The van der Waals surface area contributed by atoms with Gasteiger partial charge in [0.2, 0.25) is 0 Å². The summed E-state index contributed by atoms with van der Waals surface area (Å²) in [5.41, 5.74) is -0.370. The molecule has 0 aliphatic heterocycles. The molecular formula is C10H7F3N4. The molecule has 1 heterocycles. The number of hydrogen-bond donors (Lipinski definition) is 0. The van der Waals surface area contributed by atoms with E-state index in [2.05, 4.69) is 15.3 Å². The number of rotatable bonds is 2. The van der Waals surface area contributed by atoms with Gasteiger partial charge in [-0.2, -0.15) is 13.2 Å². The molecule has 0 amide bonds. The third-order valence-electron chi connectivity index (χ3n) is 1.95. The highest BCUT2D eigenvalue weighted by molar-refractivity contribution is 5.38. The molecule has 2 rings (SSSR count). The van der Waals surface area contributed by atoms with Crippen LogP contribution >= 0.6 is 0 Å². The maximum atomic E-state index is 12.3. The summed E-state index contributed by atoms with van der Waals surface area (Å²) in [4.78, 5) is 3.74. The molecule has 0 aliphatic carbocycles. The van der Waals surface area contributed by atoms with E-state index < -0.39 is 11.7 Å². The fourth-order valence-electron chi connectivity index (χ4n) is 1.13. The molecule has 0 saturated heterocycles. The quantitative estimate of drug-likeness (QED) is 0.741. The van der Waals surface area contributed by atoms with Crippen LogP contribution in [0.4, 0.5) is 18.9 Å². The zero-order chi connectivity index (χ0) is 12.3. The average molecular weight is 240 g/mol. The van der Waals surface area contributed by atoms with Crippen LogP contribution in [-0.4, -0.2) is 9.66 Å². The summed E-state index contributed by atoms with van der Waals surface area (Å²) in [6.45, 7) is 0. The van der Waals surface area contributed by atoms with Gasteiger partial charge in [-0.15, -0.1) is 5.11 Å². The predicted octanol–water partition coefficient (Wildman–Crippen LogP) is 3.45. The van der Waals surface area contributed by atoms with Gasteiger partial charge in [0.1, 0.15) is 6.33 Å². The van der Waals surface area contributed by atoms with Gasteiger partial charge in [-0.25, -0.2) is 9.66 Å². The lowest BCUT2D eigenvalue weighted by atomic mass is 10.2. The predicted molar refractivity (Wildman–Crippen MR) is 53.6 cm³/mol. The molecule has 0 atom stereocenters. The third-order valence-corrected chi connectivity index (χ3v) is 1.95. The standard InChI is InChI=1S/C10H7F3N4/c11-10(12,13)8-1-3-9(4-2-8)15-16-17-6-5-14-7-17/h1-7H. The molecule has 1 aromatic heterocycles. The van der Waals surface area contributed by atoms with Crippen molar-refractivity contribution in [3.8, 4) is 0 Å². The molecule has 1 aromatic carbocycles. The normalized spacial score (nSPS) is 12.2. The van der Waals surface area contributed by atoms with Gasteiger partial charge in [-0.1, -0.05) is 5.22 Å². The van der Waals surface area contributed by atoms with Crippen molar-refractivity contribution >= 4 is 5.69 Å². The van der Waals surface area contributed by atoms with Gasteiger partial charge in [0.15, 0.2) is 0 Å². The smallest absolute Gasteiger partial charge is 0.243 e. The minimum atomic E-state index is -4.33. The van der Waals surface area contributed by atoms with Crippen LogP contribution in [-0.2, 0) is 6.18 Å². The Balaban J connectivity index is 2.14. The monoisotopic (exact) mass is 240 g/mol. The second-order valence-corrected chi connectivity index (χ2v) is 3.18. The highest BCUT2D eigenvalue weighted by Crippen LogP contribution is 2.30. The Morgan fingerprint density at radius 2 is 1.82 bits per heavy atom. The van der Waals surface area contributed by atoms with Crippen molar-refractivity contribution in [3.05, 3.63) is 48.5 Å². The van der Waals surface area contributed by atoms with Crippen molar-refractivity contribution in [1.82, 2.24) is 9.66 Å². The molecule has 0 spiro atoms. The minimum Gasteiger partial charge on any atom is -0.243 e. The van der Waals surface area contributed by atoms with Gasteiger partial charge < -0.3 is 0 Å². The van der Waals surface area contributed by atoms with Crippen LogP contribution in [0.2, 0.25) is 0 Å². The van der Waals surface area contributed by atoms with Crippen LogP contribution in [0.15, 0.2) is 53.3 Å². The fraction of sp³-hybridized carbons (Fsp3) is 0.100. The van der Waals surface area contributed by atoms with E-state index in [1.165, 1.54) is 29.3 Å². The molecule has 17 heavy (non-hydrogen) atoms. The van der Waals surface area contributed by atoms with Gasteiger partial charge in [0, 0.05) is 6.20 Å². The average Bonchev–Trinajstić information content (AvgIpc) is 2.78. The Labute approximate surface area is 94.4 Å². The molecule has 0 radical (unpaired) electrons. The molecule has 88 valence electrons.